The summed E-state index contributed by atoms with van der Waals surface area (Å²) in [6, 6.07) is 26.4. The zero-order valence-electron chi connectivity index (χ0n) is 17.4. The Morgan fingerprint density at radius 1 is 0.909 bits per heavy atom. The molecule has 1 atom stereocenters. The Hall–Kier alpha value is -3.91. The summed E-state index contributed by atoms with van der Waals surface area (Å²) in [6.07, 6.45) is 0. The van der Waals surface area contributed by atoms with Crippen LogP contribution in [0.25, 0.3) is 11.4 Å². The number of carbonyl (C=O) groups is 2. The van der Waals surface area contributed by atoms with Gasteiger partial charge in [0.25, 0.3) is 5.91 Å². The third kappa shape index (κ3) is 2.98. The molecule has 1 aromatic heterocycles. The van der Waals surface area contributed by atoms with Gasteiger partial charge in [-0.15, -0.1) is 11.8 Å². The number of benzene rings is 3. The largest absolute Gasteiger partial charge is 0.337 e. The zero-order chi connectivity index (χ0) is 22.4. The lowest BCUT2D eigenvalue weighted by Gasteiger charge is -2.33. The molecule has 8 heteroatoms. The highest BCUT2D eigenvalue weighted by Crippen LogP contribution is 2.55. The second-order valence-corrected chi connectivity index (χ2v) is 8.95. The first-order valence-corrected chi connectivity index (χ1v) is 11.5. The van der Waals surface area contributed by atoms with Gasteiger partial charge in [0.1, 0.15) is 6.54 Å². The minimum absolute atomic E-state index is 0.0969. The summed E-state index contributed by atoms with van der Waals surface area (Å²) >= 11 is 1.35. The molecule has 1 unspecified atom stereocenters. The molecule has 0 bridgehead atoms. The van der Waals surface area contributed by atoms with E-state index in [2.05, 4.69) is 10.1 Å². The molecular weight excluding hydrogens is 436 g/mol. The highest BCUT2D eigenvalue weighted by molar-refractivity contribution is 8.02. The molecule has 33 heavy (non-hydrogen) atoms. The zero-order valence-corrected chi connectivity index (χ0v) is 18.2. The van der Waals surface area contributed by atoms with Gasteiger partial charge in [0.2, 0.25) is 22.5 Å². The molecule has 0 N–H and O–H groups in total. The smallest absolute Gasteiger partial charge is 0.269 e. The highest BCUT2D eigenvalue weighted by Gasteiger charge is 2.61. The van der Waals surface area contributed by atoms with Crippen LogP contribution in [0.1, 0.15) is 11.5 Å². The Morgan fingerprint density at radius 2 is 1.61 bits per heavy atom. The third-order valence-corrected chi connectivity index (χ3v) is 7.26. The van der Waals surface area contributed by atoms with Crippen LogP contribution < -0.4 is 9.80 Å². The number of amides is 2. The SMILES string of the molecule is O=C1CSC2(C(=O)N(Cc3nc(-c4ccccc4)no3)c3ccccc32)N1c1ccccc1. The van der Waals surface area contributed by atoms with Gasteiger partial charge in [0.15, 0.2) is 0 Å². The average Bonchev–Trinajstić information content (AvgIpc) is 3.53. The van der Waals surface area contributed by atoms with E-state index in [1.807, 2.05) is 84.9 Å². The molecule has 0 aliphatic carbocycles. The third-order valence-electron chi connectivity index (χ3n) is 5.87. The summed E-state index contributed by atoms with van der Waals surface area (Å²) in [5.74, 6) is 0.732. The molecule has 2 amide bonds. The van der Waals surface area contributed by atoms with Crippen LogP contribution in [-0.2, 0) is 21.0 Å². The molecular formula is C25H18N4O3S. The summed E-state index contributed by atoms with van der Waals surface area (Å²) in [4.78, 5) is 33.6. The summed E-state index contributed by atoms with van der Waals surface area (Å²) < 4.78 is 5.49. The summed E-state index contributed by atoms with van der Waals surface area (Å²) in [5, 5.41) is 4.08. The Kier molecular flexibility index (Phi) is 4.55. The van der Waals surface area contributed by atoms with Crippen LogP contribution in [0.5, 0.6) is 0 Å². The van der Waals surface area contributed by atoms with Gasteiger partial charge in [-0.3, -0.25) is 19.4 Å². The van der Waals surface area contributed by atoms with Crippen LogP contribution >= 0.6 is 11.8 Å². The van der Waals surface area contributed by atoms with Crippen LogP contribution in [0.4, 0.5) is 11.4 Å². The van der Waals surface area contributed by atoms with Crippen LogP contribution in [0.2, 0.25) is 0 Å². The molecule has 1 fully saturated rings. The van der Waals surface area contributed by atoms with Crippen molar-refractivity contribution in [1.82, 2.24) is 10.1 Å². The number of rotatable bonds is 4. The van der Waals surface area contributed by atoms with Gasteiger partial charge in [0, 0.05) is 16.8 Å². The number of thioether (sulfide) groups is 1. The molecule has 1 saturated heterocycles. The Bertz CT molecular complexity index is 1360. The Labute approximate surface area is 194 Å². The Balaban J connectivity index is 1.41. The molecule has 3 heterocycles. The predicted molar refractivity (Wildman–Crippen MR) is 125 cm³/mol. The quantitative estimate of drug-likeness (QED) is 0.460. The molecule has 4 aromatic rings. The summed E-state index contributed by atoms with van der Waals surface area (Å²) in [6.45, 7) is 0.120. The van der Waals surface area contributed by atoms with E-state index in [1.165, 1.54) is 11.8 Å². The van der Waals surface area contributed by atoms with Gasteiger partial charge in [-0.1, -0.05) is 71.9 Å². The number of carbonyl (C=O) groups excluding carboxylic acids is 2. The number of aromatic nitrogens is 2. The lowest BCUT2D eigenvalue weighted by atomic mass is 10.0. The minimum Gasteiger partial charge on any atom is -0.337 e. The second-order valence-electron chi connectivity index (χ2n) is 7.78. The summed E-state index contributed by atoms with van der Waals surface area (Å²) in [7, 11) is 0. The van der Waals surface area contributed by atoms with Gasteiger partial charge < -0.3 is 4.52 Å². The van der Waals surface area contributed by atoms with E-state index >= 15 is 0 Å². The van der Waals surface area contributed by atoms with Crippen molar-refractivity contribution in [2.24, 2.45) is 0 Å². The van der Waals surface area contributed by atoms with Crippen molar-refractivity contribution in [3.05, 3.63) is 96.4 Å². The number of hydrogen-bond donors (Lipinski definition) is 0. The minimum atomic E-state index is -1.16. The first kappa shape index (κ1) is 19.8. The fourth-order valence-corrected chi connectivity index (χ4v) is 5.81. The van der Waals surface area contributed by atoms with Crippen molar-refractivity contribution in [3.8, 4) is 11.4 Å². The standard InChI is InChI=1S/C25H18N4O3S/c30-22-16-33-25(29(22)18-11-5-2-6-12-18)19-13-7-8-14-20(19)28(24(25)31)15-21-26-23(27-32-21)17-9-3-1-4-10-17/h1-14H,15-16H2. The molecule has 6 rings (SSSR count). The maximum Gasteiger partial charge on any atom is 0.269 e. The number of anilines is 2. The van der Waals surface area contributed by atoms with Gasteiger partial charge in [0.05, 0.1) is 11.4 Å². The van der Waals surface area contributed by atoms with Gasteiger partial charge in [-0.05, 0) is 18.2 Å². The van der Waals surface area contributed by atoms with E-state index in [-0.39, 0.29) is 24.1 Å². The van der Waals surface area contributed by atoms with Crippen LogP contribution in [0.15, 0.2) is 89.5 Å². The van der Waals surface area contributed by atoms with Crippen molar-refractivity contribution >= 4 is 35.0 Å². The van der Waals surface area contributed by atoms with Crippen molar-refractivity contribution in [2.45, 2.75) is 11.4 Å². The molecule has 0 radical (unpaired) electrons. The van der Waals surface area contributed by atoms with E-state index in [4.69, 9.17) is 4.52 Å². The highest BCUT2D eigenvalue weighted by atomic mass is 32.2. The van der Waals surface area contributed by atoms with Gasteiger partial charge in [-0.2, -0.15) is 4.98 Å². The van der Waals surface area contributed by atoms with Crippen molar-refractivity contribution in [1.29, 1.82) is 0 Å². The lowest BCUT2D eigenvalue weighted by Crippen LogP contribution is -2.49. The average molecular weight is 455 g/mol. The summed E-state index contributed by atoms with van der Waals surface area (Å²) in [5.41, 5.74) is 3.06. The fourth-order valence-electron chi connectivity index (χ4n) is 4.45. The second kappa shape index (κ2) is 7.60. The molecule has 1 spiro atoms. The first-order chi connectivity index (χ1) is 16.2. The monoisotopic (exact) mass is 454 g/mol. The van der Waals surface area contributed by atoms with Crippen molar-refractivity contribution in [2.75, 3.05) is 15.6 Å². The fraction of sp³-hybridized carbons (Fsp3) is 0.120. The topological polar surface area (TPSA) is 79.5 Å². The van der Waals surface area contributed by atoms with Crippen LogP contribution in [0.3, 0.4) is 0 Å². The molecule has 2 aliphatic heterocycles. The first-order valence-electron chi connectivity index (χ1n) is 10.5. The van der Waals surface area contributed by atoms with E-state index in [0.717, 1.165) is 16.8 Å². The van der Waals surface area contributed by atoms with Crippen molar-refractivity contribution < 1.29 is 14.1 Å². The normalized spacial score (nSPS) is 19.5. The molecule has 162 valence electrons. The van der Waals surface area contributed by atoms with Crippen LogP contribution in [0, 0.1) is 0 Å². The number of fused-ring (bicyclic) bond motifs is 2. The van der Waals surface area contributed by atoms with E-state index < -0.39 is 4.87 Å². The van der Waals surface area contributed by atoms with Crippen molar-refractivity contribution in [3.63, 3.8) is 0 Å². The molecule has 7 nitrogen and oxygen atoms in total. The lowest BCUT2D eigenvalue weighted by molar-refractivity contribution is -0.123. The van der Waals surface area contributed by atoms with E-state index in [1.54, 1.807) is 9.80 Å². The molecule has 0 saturated carbocycles. The predicted octanol–water partition coefficient (Wildman–Crippen LogP) is 4.22. The molecule has 2 aliphatic rings. The number of para-hydroxylation sites is 2. The maximum absolute atomic E-state index is 14.0. The van der Waals surface area contributed by atoms with Crippen LogP contribution in [-0.4, -0.2) is 27.7 Å². The van der Waals surface area contributed by atoms with Gasteiger partial charge >= 0.3 is 0 Å². The number of nitrogens with zero attached hydrogens (tertiary/aromatic N) is 4. The Morgan fingerprint density at radius 3 is 2.39 bits per heavy atom. The van der Waals surface area contributed by atoms with E-state index in [9.17, 15) is 9.59 Å². The number of hydrogen-bond acceptors (Lipinski definition) is 6. The molecule has 3 aromatic carbocycles. The van der Waals surface area contributed by atoms with Gasteiger partial charge in [-0.25, -0.2) is 0 Å². The maximum atomic E-state index is 14.0. The van der Waals surface area contributed by atoms with E-state index in [0.29, 0.717) is 17.4 Å².